The molecule has 0 aromatic heterocycles. The summed E-state index contributed by atoms with van der Waals surface area (Å²) in [6.07, 6.45) is 18.1. The Morgan fingerprint density at radius 1 is 0.684 bits per heavy atom. The fraction of sp³-hybridized carbons (Fsp3) is 0.185. The van der Waals surface area contributed by atoms with Crippen molar-refractivity contribution in [1.29, 1.82) is 10.5 Å². The average Bonchev–Trinajstić information content (AvgIpc) is 3.27. The highest BCUT2D eigenvalue weighted by Gasteiger charge is 2.12. The lowest BCUT2D eigenvalue weighted by atomic mass is 9.89. The second kappa shape index (κ2) is 22.8. The Hall–Kier alpha value is -6.52. The van der Waals surface area contributed by atoms with Crippen molar-refractivity contribution >= 4 is 11.1 Å². The molecule has 0 saturated carbocycles. The van der Waals surface area contributed by atoms with E-state index >= 15 is 0 Å². The molecule has 1 atom stereocenters. The summed E-state index contributed by atoms with van der Waals surface area (Å²) >= 11 is 0. The van der Waals surface area contributed by atoms with Gasteiger partial charge in [-0.05, 0) is 156 Å². The molecule has 57 heavy (non-hydrogen) atoms. The minimum Gasteiger partial charge on any atom is -0.327 e. The van der Waals surface area contributed by atoms with Crippen molar-refractivity contribution in [2.75, 3.05) is 6.54 Å². The summed E-state index contributed by atoms with van der Waals surface area (Å²) in [4.78, 5) is 0. The Labute approximate surface area is 341 Å². The molecule has 0 radical (unpaired) electrons. The number of rotatable bonds is 13. The Balaban J connectivity index is 0.000000519. The molecule has 0 bridgehead atoms. The summed E-state index contributed by atoms with van der Waals surface area (Å²) < 4.78 is 0. The lowest BCUT2D eigenvalue weighted by molar-refractivity contribution is 0.716. The highest BCUT2D eigenvalue weighted by atomic mass is 14.5. The van der Waals surface area contributed by atoms with Crippen LogP contribution < -0.4 is 5.73 Å². The third-order valence-corrected chi connectivity index (χ3v) is 9.93. The number of nitrogens with zero attached hydrogens (tertiary/aromatic N) is 2. The lowest BCUT2D eigenvalue weighted by Crippen LogP contribution is -1.99. The van der Waals surface area contributed by atoms with E-state index in [-0.39, 0.29) is 0 Å². The standard InChI is InChI=1S/C44H41N.C10H14N2/c1-5-15-35(7-3)41-28-42(36-16-10-8-11-17-36)30-43(29-41)39-21-14-20-38(27-39)40-25-33(24-34(26-40)31-45)22-23-44(32(4)6-2)37-18-12-9-13-19-37;1-3-10(8-12)6-4-5-9(2)7-11/h5,7-21,23-30,32H,6,22H2,1-4H3;3-6H,8,12H2,1-2H3/b15-5-,35-7+,44-23+;6-4-,9-5+,10-3+. The number of benzene rings is 5. The first-order valence-electron chi connectivity index (χ1n) is 19.8. The van der Waals surface area contributed by atoms with Crippen LogP contribution >= 0.6 is 0 Å². The Morgan fingerprint density at radius 2 is 1.30 bits per heavy atom. The zero-order chi connectivity index (χ0) is 41.0. The highest BCUT2D eigenvalue weighted by molar-refractivity contribution is 5.84. The van der Waals surface area contributed by atoms with E-state index in [0.717, 1.165) is 46.2 Å². The van der Waals surface area contributed by atoms with E-state index in [1.807, 2.05) is 43.4 Å². The summed E-state index contributed by atoms with van der Waals surface area (Å²) in [6, 6.07) is 47.5. The van der Waals surface area contributed by atoms with Gasteiger partial charge in [0.15, 0.2) is 0 Å². The van der Waals surface area contributed by atoms with Gasteiger partial charge in [0, 0.05) is 12.1 Å². The molecule has 5 aromatic rings. The van der Waals surface area contributed by atoms with Crippen molar-refractivity contribution in [3.05, 3.63) is 203 Å². The first-order chi connectivity index (χ1) is 27.8. The van der Waals surface area contributed by atoms with Gasteiger partial charge in [-0.2, -0.15) is 10.5 Å². The van der Waals surface area contributed by atoms with Crippen molar-refractivity contribution in [3.63, 3.8) is 0 Å². The molecule has 286 valence electrons. The maximum atomic E-state index is 9.96. The van der Waals surface area contributed by atoms with E-state index < -0.39 is 0 Å². The van der Waals surface area contributed by atoms with Crippen LogP contribution in [-0.2, 0) is 6.42 Å². The van der Waals surface area contributed by atoms with Crippen molar-refractivity contribution in [1.82, 2.24) is 0 Å². The van der Waals surface area contributed by atoms with Gasteiger partial charge in [-0.15, -0.1) is 0 Å². The molecule has 0 aliphatic rings. The van der Waals surface area contributed by atoms with Crippen molar-refractivity contribution in [2.24, 2.45) is 11.7 Å². The topological polar surface area (TPSA) is 73.6 Å². The van der Waals surface area contributed by atoms with Gasteiger partial charge in [-0.25, -0.2) is 0 Å². The molecular weight excluding hydrogens is 691 g/mol. The van der Waals surface area contributed by atoms with Crippen molar-refractivity contribution in [2.45, 2.75) is 54.4 Å². The average molecular weight is 746 g/mol. The predicted molar refractivity (Wildman–Crippen MR) is 245 cm³/mol. The van der Waals surface area contributed by atoms with E-state index in [9.17, 15) is 5.26 Å². The third-order valence-electron chi connectivity index (χ3n) is 9.93. The van der Waals surface area contributed by atoms with Crippen molar-refractivity contribution < 1.29 is 0 Å². The molecule has 2 N–H and O–H groups in total. The van der Waals surface area contributed by atoms with Crippen LogP contribution in [0.1, 0.15) is 70.2 Å². The molecular formula is C54H55N3. The molecule has 3 nitrogen and oxygen atoms in total. The Morgan fingerprint density at radius 3 is 1.88 bits per heavy atom. The molecule has 0 saturated heterocycles. The number of allylic oxidation sites excluding steroid dienone is 10. The largest absolute Gasteiger partial charge is 0.327 e. The summed E-state index contributed by atoms with van der Waals surface area (Å²) in [7, 11) is 0. The van der Waals surface area contributed by atoms with Gasteiger partial charge in [0.1, 0.15) is 0 Å². The van der Waals surface area contributed by atoms with E-state index in [4.69, 9.17) is 11.0 Å². The van der Waals surface area contributed by atoms with Crippen LogP contribution in [0.4, 0.5) is 0 Å². The quantitative estimate of drug-likeness (QED) is 0.0963. The van der Waals surface area contributed by atoms with Crippen molar-refractivity contribution in [3.8, 4) is 45.5 Å². The van der Waals surface area contributed by atoms with Gasteiger partial charge in [-0.3, -0.25) is 0 Å². The SMILES string of the molecule is C/C=C\C(=C/C)c1cc(-c2ccccc2)cc(-c2cccc(-c3cc(C#N)cc(C/C=C(/c4ccccc4)C(C)CC)c3)c2)c1.C\C=C(/C=C\C=C(/C)C#N)CN. The number of hydrogen-bond donors (Lipinski definition) is 1. The Bertz CT molecular complexity index is 2350. The van der Waals surface area contributed by atoms with Crippen LogP contribution in [-0.4, -0.2) is 6.54 Å². The lowest BCUT2D eigenvalue weighted by Gasteiger charge is -2.15. The number of nitrogens with two attached hydrogens (primary N) is 1. The second-order valence-electron chi connectivity index (χ2n) is 13.9. The maximum Gasteiger partial charge on any atom is 0.0991 e. The molecule has 1 unspecified atom stereocenters. The number of nitriles is 2. The first kappa shape index (κ1) is 43.2. The first-order valence-corrected chi connectivity index (χ1v) is 19.8. The van der Waals surface area contributed by atoms with Crippen LogP contribution in [0.25, 0.3) is 44.5 Å². The fourth-order valence-corrected chi connectivity index (χ4v) is 6.53. The minimum atomic E-state index is 0.454. The van der Waals surface area contributed by atoms with Gasteiger partial charge in [0.2, 0.25) is 0 Å². The van der Waals surface area contributed by atoms with Gasteiger partial charge < -0.3 is 5.73 Å². The van der Waals surface area contributed by atoms with Gasteiger partial charge in [0.05, 0.1) is 17.7 Å². The monoisotopic (exact) mass is 745 g/mol. The maximum absolute atomic E-state index is 9.96. The van der Waals surface area contributed by atoms with Gasteiger partial charge >= 0.3 is 0 Å². The summed E-state index contributed by atoms with van der Waals surface area (Å²) in [6.45, 7) is 12.9. The molecule has 0 fully saturated rings. The zero-order valence-corrected chi connectivity index (χ0v) is 34.3. The van der Waals surface area contributed by atoms with E-state index in [1.165, 1.54) is 33.4 Å². The molecule has 0 heterocycles. The van der Waals surface area contributed by atoms with E-state index in [1.54, 1.807) is 13.0 Å². The molecule has 0 aliphatic carbocycles. The van der Waals surface area contributed by atoms with Gasteiger partial charge in [0.25, 0.3) is 0 Å². The molecule has 3 heteroatoms. The molecule has 0 spiro atoms. The van der Waals surface area contributed by atoms with Crippen LogP contribution in [0.3, 0.4) is 0 Å². The third kappa shape index (κ3) is 12.8. The fourth-order valence-electron chi connectivity index (χ4n) is 6.53. The van der Waals surface area contributed by atoms with E-state index in [2.05, 4.69) is 167 Å². The Kier molecular flexibility index (Phi) is 17.3. The smallest absolute Gasteiger partial charge is 0.0991 e. The van der Waals surface area contributed by atoms with Crippen LogP contribution in [0, 0.1) is 28.6 Å². The molecule has 5 aromatic carbocycles. The van der Waals surface area contributed by atoms with Crippen LogP contribution in [0.2, 0.25) is 0 Å². The summed E-state index contributed by atoms with van der Waals surface area (Å²) in [5.41, 5.74) is 20.9. The predicted octanol–water partition coefficient (Wildman–Crippen LogP) is 14.1. The van der Waals surface area contributed by atoms with Crippen LogP contribution in [0.5, 0.6) is 0 Å². The van der Waals surface area contributed by atoms with E-state index in [0.29, 0.717) is 23.6 Å². The molecule has 0 amide bonds. The molecule has 5 rings (SSSR count). The minimum absolute atomic E-state index is 0.454. The summed E-state index contributed by atoms with van der Waals surface area (Å²) in [5.74, 6) is 0.454. The number of hydrogen-bond acceptors (Lipinski definition) is 3. The van der Waals surface area contributed by atoms with Crippen LogP contribution in [0.15, 0.2) is 181 Å². The molecule has 0 aliphatic heterocycles. The van der Waals surface area contributed by atoms with Gasteiger partial charge in [-0.1, -0.05) is 141 Å². The normalized spacial score (nSPS) is 12.9. The summed E-state index contributed by atoms with van der Waals surface area (Å²) in [5, 5.41) is 18.4. The second-order valence-corrected chi connectivity index (χ2v) is 13.9. The zero-order valence-electron chi connectivity index (χ0n) is 34.3. The highest BCUT2D eigenvalue weighted by Crippen LogP contribution is 2.34.